The molecule has 7 nitrogen and oxygen atoms in total. The number of nitrogens with two attached hydrogens (primary N) is 1. The monoisotopic (exact) mass is 342 g/mol. The van der Waals surface area contributed by atoms with E-state index in [1.807, 2.05) is 0 Å². The second-order valence-corrected chi connectivity index (χ2v) is 5.22. The highest BCUT2D eigenvalue weighted by Gasteiger charge is 2.23. The molecule has 0 atom stereocenters. The number of nitrogens with one attached hydrogen (secondary N) is 1. The fourth-order valence-electron chi connectivity index (χ4n) is 2.44. The van der Waals surface area contributed by atoms with Crippen molar-refractivity contribution in [1.82, 2.24) is 4.98 Å². The van der Waals surface area contributed by atoms with Crippen LogP contribution in [-0.4, -0.2) is 37.1 Å². The molecule has 0 aliphatic rings. The molecule has 1 amide bonds. The third-order valence-corrected chi connectivity index (χ3v) is 3.59. The summed E-state index contributed by atoms with van der Waals surface area (Å²) in [4.78, 5) is 30.5. The van der Waals surface area contributed by atoms with Gasteiger partial charge in [-0.3, -0.25) is 14.5 Å². The number of para-hydroxylation sites is 1. The number of nitrogen functional groups attached to an aromatic ring is 1. The van der Waals surface area contributed by atoms with Crippen LogP contribution in [0.25, 0.3) is 0 Å². The summed E-state index contributed by atoms with van der Waals surface area (Å²) in [5.74, 6) is -0.196. The van der Waals surface area contributed by atoms with E-state index >= 15 is 0 Å². The van der Waals surface area contributed by atoms with E-state index in [9.17, 15) is 9.59 Å². The minimum Gasteiger partial charge on any atom is -0.466 e. The second kappa shape index (κ2) is 8.68. The highest BCUT2D eigenvalue weighted by molar-refractivity contribution is 6.10. The number of carbonyl (C=O) groups is 2. The number of rotatable bonds is 7. The van der Waals surface area contributed by atoms with Crippen molar-refractivity contribution in [3.05, 3.63) is 48.2 Å². The molecule has 1 heterocycles. The number of anilines is 3. The number of benzene rings is 1. The van der Waals surface area contributed by atoms with E-state index in [1.54, 1.807) is 56.6 Å². The first-order valence-electron chi connectivity index (χ1n) is 8.03. The lowest BCUT2D eigenvalue weighted by Gasteiger charge is -2.23. The quantitative estimate of drug-likeness (QED) is 0.592. The third-order valence-electron chi connectivity index (χ3n) is 3.59. The van der Waals surface area contributed by atoms with Crippen molar-refractivity contribution in [2.75, 3.05) is 36.1 Å². The number of aromatic nitrogens is 1. The Hall–Kier alpha value is -3.09. The summed E-state index contributed by atoms with van der Waals surface area (Å²) in [6.45, 7) is 2.20. The molecule has 7 heteroatoms. The van der Waals surface area contributed by atoms with Gasteiger partial charge in [-0.2, -0.15) is 0 Å². The average molecular weight is 342 g/mol. The van der Waals surface area contributed by atoms with Gasteiger partial charge < -0.3 is 15.8 Å². The van der Waals surface area contributed by atoms with Gasteiger partial charge in [0.05, 0.1) is 30.0 Å². The highest BCUT2D eigenvalue weighted by atomic mass is 16.5. The zero-order chi connectivity index (χ0) is 18.2. The van der Waals surface area contributed by atoms with Crippen LogP contribution >= 0.6 is 0 Å². The molecule has 0 saturated heterocycles. The first kappa shape index (κ1) is 18.3. The molecule has 1 aromatic heterocycles. The van der Waals surface area contributed by atoms with Crippen LogP contribution in [-0.2, 0) is 9.53 Å². The predicted molar refractivity (Wildman–Crippen MR) is 97.6 cm³/mol. The summed E-state index contributed by atoms with van der Waals surface area (Å²) in [5, 5.41) is 2.95. The van der Waals surface area contributed by atoms with Gasteiger partial charge in [0, 0.05) is 19.8 Å². The van der Waals surface area contributed by atoms with E-state index in [4.69, 9.17) is 10.5 Å². The number of nitrogens with zero attached hydrogens (tertiary/aromatic N) is 2. The number of esters is 1. The maximum atomic E-state index is 13.1. The lowest BCUT2D eigenvalue weighted by atomic mass is 10.1. The van der Waals surface area contributed by atoms with Crippen molar-refractivity contribution in [2.45, 2.75) is 13.3 Å². The Morgan fingerprint density at radius 1 is 1.24 bits per heavy atom. The van der Waals surface area contributed by atoms with Crippen LogP contribution in [0.4, 0.5) is 17.2 Å². The number of pyridine rings is 1. The molecule has 0 aliphatic heterocycles. The number of amides is 1. The van der Waals surface area contributed by atoms with Crippen molar-refractivity contribution >= 4 is 29.1 Å². The number of hydrogen-bond donors (Lipinski definition) is 2. The first-order chi connectivity index (χ1) is 12.1. The second-order valence-electron chi connectivity index (χ2n) is 5.22. The molecular formula is C18H22N4O3. The molecule has 0 aliphatic carbocycles. The molecule has 25 heavy (non-hydrogen) atoms. The van der Waals surface area contributed by atoms with E-state index in [-0.39, 0.29) is 24.8 Å². The van der Waals surface area contributed by atoms with Gasteiger partial charge >= 0.3 is 5.97 Å². The summed E-state index contributed by atoms with van der Waals surface area (Å²) in [6, 6.07) is 10.4. The number of ether oxygens (including phenoxy) is 1. The van der Waals surface area contributed by atoms with Crippen LogP contribution in [0.3, 0.4) is 0 Å². The van der Waals surface area contributed by atoms with Crippen molar-refractivity contribution in [2.24, 2.45) is 0 Å². The average Bonchev–Trinajstić information content (AvgIpc) is 2.62. The molecule has 0 spiro atoms. The molecule has 2 aromatic rings. The Labute approximate surface area is 146 Å². The maximum absolute atomic E-state index is 13.1. The van der Waals surface area contributed by atoms with E-state index in [0.29, 0.717) is 29.4 Å². The number of hydrogen-bond acceptors (Lipinski definition) is 6. The van der Waals surface area contributed by atoms with Crippen LogP contribution in [0, 0.1) is 0 Å². The smallest absolute Gasteiger partial charge is 0.307 e. The molecule has 0 saturated carbocycles. The zero-order valence-corrected chi connectivity index (χ0v) is 14.4. The molecule has 132 valence electrons. The lowest BCUT2D eigenvalue weighted by molar-refractivity contribution is -0.142. The van der Waals surface area contributed by atoms with E-state index in [2.05, 4.69) is 10.3 Å². The largest absolute Gasteiger partial charge is 0.466 e. The standard InChI is InChI=1S/C18H22N4O3/c1-3-25-16(23)10-12-22(15-9-4-5-11-21-15)18(24)13-7-6-8-14(19)17(13)20-2/h4-9,11,20H,3,10,12,19H2,1-2H3. The molecule has 0 fully saturated rings. The van der Waals surface area contributed by atoms with Gasteiger partial charge in [-0.15, -0.1) is 0 Å². The molecule has 0 unspecified atom stereocenters. The minimum absolute atomic E-state index is 0.0767. The molecule has 2 rings (SSSR count). The topological polar surface area (TPSA) is 97.5 Å². The Bertz CT molecular complexity index is 734. The third kappa shape index (κ3) is 4.47. The molecule has 0 radical (unpaired) electrons. The van der Waals surface area contributed by atoms with Crippen LogP contribution in [0.5, 0.6) is 0 Å². The van der Waals surface area contributed by atoms with Gasteiger partial charge in [0.15, 0.2) is 0 Å². The SMILES string of the molecule is CCOC(=O)CCN(C(=O)c1cccc(N)c1NC)c1ccccn1. The van der Waals surface area contributed by atoms with Crippen LogP contribution in [0.2, 0.25) is 0 Å². The summed E-state index contributed by atoms with van der Waals surface area (Å²) < 4.78 is 4.95. The number of carbonyl (C=O) groups excluding carboxylic acids is 2. The molecular weight excluding hydrogens is 320 g/mol. The zero-order valence-electron chi connectivity index (χ0n) is 14.4. The van der Waals surface area contributed by atoms with Gasteiger partial charge in [-0.25, -0.2) is 4.98 Å². The Morgan fingerprint density at radius 3 is 2.68 bits per heavy atom. The van der Waals surface area contributed by atoms with Gasteiger partial charge in [-0.1, -0.05) is 12.1 Å². The Balaban J connectivity index is 2.33. The minimum atomic E-state index is -0.363. The summed E-state index contributed by atoms with van der Waals surface area (Å²) >= 11 is 0. The normalized spacial score (nSPS) is 10.2. The van der Waals surface area contributed by atoms with E-state index in [0.717, 1.165) is 0 Å². The maximum Gasteiger partial charge on any atom is 0.307 e. The van der Waals surface area contributed by atoms with Gasteiger partial charge in [0.1, 0.15) is 5.82 Å². The molecule has 1 aromatic carbocycles. The van der Waals surface area contributed by atoms with E-state index < -0.39 is 0 Å². The fraction of sp³-hybridized carbons (Fsp3) is 0.278. The van der Waals surface area contributed by atoms with Crippen LogP contribution < -0.4 is 16.0 Å². The first-order valence-corrected chi connectivity index (χ1v) is 8.03. The van der Waals surface area contributed by atoms with E-state index in [1.165, 1.54) is 4.90 Å². The predicted octanol–water partition coefficient (Wildman–Crippen LogP) is 2.31. The highest BCUT2D eigenvalue weighted by Crippen LogP contribution is 2.26. The van der Waals surface area contributed by atoms with Gasteiger partial charge in [0.25, 0.3) is 5.91 Å². The van der Waals surface area contributed by atoms with Crippen LogP contribution in [0.15, 0.2) is 42.6 Å². The Morgan fingerprint density at radius 2 is 2.04 bits per heavy atom. The van der Waals surface area contributed by atoms with Crippen LogP contribution in [0.1, 0.15) is 23.7 Å². The summed E-state index contributed by atoms with van der Waals surface area (Å²) in [6.07, 6.45) is 1.67. The molecule has 3 N–H and O–H groups in total. The van der Waals surface area contributed by atoms with Crippen molar-refractivity contribution in [1.29, 1.82) is 0 Å². The van der Waals surface area contributed by atoms with Crippen molar-refractivity contribution in [3.63, 3.8) is 0 Å². The molecule has 0 bridgehead atoms. The lowest BCUT2D eigenvalue weighted by Crippen LogP contribution is -2.34. The van der Waals surface area contributed by atoms with Crippen molar-refractivity contribution < 1.29 is 14.3 Å². The fourth-order valence-corrected chi connectivity index (χ4v) is 2.44. The van der Waals surface area contributed by atoms with Gasteiger partial charge in [-0.05, 0) is 31.2 Å². The Kier molecular flexibility index (Phi) is 6.33. The van der Waals surface area contributed by atoms with Crippen molar-refractivity contribution in [3.8, 4) is 0 Å². The summed E-state index contributed by atoms with van der Waals surface area (Å²) in [7, 11) is 1.70. The van der Waals surface area contributed by atoms with Gasteiger partial charge in [0.2, 0.25) is 0 Å². The summed E-state index contributed by atoms with van der Waals surface area (Å²) in [5.41, 5.74) is 7.38.